The summed E-state index contributed by atoms with van der Waals surface area (Å²) in [6, 6.07) is 7.70. The maximum Gasteiger partial charge on any atom is 0.319 e. The second-order valence-corrected chi connectivity index (χ2v) is 6.38. The fourth-order valence-corrected chi connectivity index (χ4v) is 3.17. The van der Waals surface area contributed by atoms with E-state index < -0.39 is 12.1 Å². The monoisotopic (exact) mass is 380 g/mol. The van der Waals surface area contributed by atoms with Gasteiger partial charge >= 0.3 is 6.03 Å². The number of fused-ring (bicyclic) bond motifs is 1. The molecule has 2 N–H and O–H groups in total. The Morgan fingerprint density at radius 2 is 2.00 bits per heavy atom. The van der Waals surface area contributed by atoms with E-state index in [1.807, 2.05) is 0 Å². The van der Waals surface area contributed by atoms with Crippen molar-refractivity contribution in [3.63, 3.8) is 0 Å². The molecule has 0 aliphatic carbocycles. The van der Waals surface area contributed by atoms with Crippen LogP contribution < -0.4 is 16.2 Å². The van der Waals surface area contributed by atoms with Crippen LogP contribution in [0.1, 0.15) is 24.7 Å². The Morgan fingerprint density at radius 3 is 2.75 bits per heavy atom. The van der Waals surface area contributed by atoms with Gasteiger partial charge < -0.3 is 10.6 Å². The number of halogens is 1. The minimum absolute atomic E-state index is 0.191. The van der Waals surface area contributed by atoms with Gasteiger partial charge in [0.2, 0.25) is 0 Å². The van der Waals surface area contributed by atoms with E-state index in [1.54, 1.807) is 16.8 Å². The zero-order valence-electron chi connectivity index (χ0n) is 14.8. The Hall–Kier alpha value is -3.62. The van der Waals surface area contributed by atoms with Crippen LogP contribution in [0.5, 0.6) is 0 Å². The molecule has 0 radical (unpaired) electrons. The molecule has 1 aromatic carbocycles. The highest BCUT2D eigenvalue weighted by Crippen LogP contribution is 2.24. The first-order valence-corrected chi connectivity index (χ1v) is 8.81. The highest BCUT2D eigenvalue weighted by atomic mass is 19.1. The zero-order chi connectivity index (χ0) is 19.5. The SMILES string of the molecule is O=C(Nc1ccc(F)cc1)NC1CCCn2c1nc(-c1ccncn1)cc2=O. The van der Waals surface area contributed by atoms with Crippen LogP contribution in [0.4, 0.5) is 14.9 Å². The predicted octanol–water partition coefficient (Wildman–Crippen LogP) is 2.50. The molecule has 9 heteroatoms. The molecule has 142 valence electrons. The second-order valence-electron chi connectivity index (χ2n) is 6.38. The zero-order valence-corrected chi connectivity index (χ0v) is 14.8. The molecule has 2 amide bonds. The van der Waals surface area contributed by atoms with Crippen LogP contribution in [-0.2, 0) is 6.54 Å². The third-order valence-corrected chi connectivity index (χ3v) is 4.48. The number of nitrogens with one attached hydrogen (secondary N) is 2. The van der Waals surface area contributed by atoms with Gasteiger partial charge in [-0.05, 0) is 43.2 Å². The summed E-state index contributed by atoms with van der Waals surface area (Å²) in [5.74, 6) is 0.106. The Kier molecular flexibility index (Phi) is 4.79. The number of anilines is 1. The van der Waals surface area contributed by atoms with Gasteiger partial charge in [-0.25, -0.2) is 24.1 Å². The Labute approximate surface area is 159 Å². The van der Waals surface area contributed by atoms with Crippen LogP contribution in [0, 0.1) is 5.82 Å². The molecule has 8 nitrogen and oxygen atoms in total. The van der Waals surface area contributed by atoms with Crippen LogP contribution >= 0.6 is 0 Å². The first-order chi connectivity index (χ1) is 13.6. The van der Waals surface area contributed by atoms with Crippen molar-refractivity contribution in [1.29, 1.82) is 0 Å². The Bertz CT molecular complexity index is 1050. The van der Waals surface area contributed by atoms with Crippen molar-refractivity contribution < 1.29 is 9.18 Å². The lowest BCUT2D eigenvalue weighted by Gasteiger charge is -2.27. The maximum atomic E-state index is 13.0. The molecule has 2 aromatic heterocycles. The molecule has 28 heavy (non-hydrogen) atoms. The van der Waals surface area contributed by atoms with E-state index in [2.05, 4.69) is 25.6 Å². The standard InChI is InChI=1S/C19H17FN6O2/c20-12-3-5-13(6-4-12)23-19(28)25-15-2-1-9-26-17(27)10-16(24-18(15)26)14-7-8-21-11-22-14/h3-8,10-11,15H,1-2,9H2,(H2,23,25,28). The maximum absolute atomic E-state index is 13.0. The molecule has 0 spiro atoms. The van der Waals surface area contributed by atoms with Crippen LogP contribution in [0.15, 0.2) is 53.7 Å². The average molecular weight is 380 g/mol. The largest absolute Gasteiger partial charge is 0.328 e. The number of carbonyl (C=O) groups is 1. The third-order valence-electron chi connectivity index (χ3n) is 4.48. The third kappa shape index (κ3) is 3.73. The molecule has 0 saturated heterocycles. The number of rotatable bonds is 3. The molecule has 1 aliphatic rings. The van der Waals surface area contributed by atoms with Crippen molar-refractivity contribution in [2.24, 2.45) is 0 Å². The number of hydrogen-bond acceptors (Lipinski definition) is 5. The summed E-state index contributed by atoms with van der Waals surface area (Å²) >= 11 is 0. The summed E-state index contributed by atoms with van der Waals surface area (Å²) in [7, 11) is 0. The number of urea groups is 1. The molecule has 1 aliphatic heterocycles. The quantitative estimate of drug-likeness (QED) is 0.727. The number of carbonyl (C=O) groups excluding carboxylic acids is 1. The number of aromatic nitrogens is 4. The highest BCUT2D eigenvalue weighted by Gasteiger charge is 2.25. The summed E-state index contributed by atoms with van der Waals surface area (Å²) in [6.07, 6.45) is 4.35. The van der Waals surface area contributed by atoms with Gasteiger partial charge in [-0.1, -0.05) is 0 Å². The van der Waals surface area contributed by atoms with E-state index in [9.17, 15) is 14.0 Å². The van der Waals surface area contributed by atoms with E-state index in [0.29, 0.717) is 35.9 Å². The number of hydrogen-bond donors (Lipinski definition) is 2. The molecular weight excluding hydrogens is 363 g/mol. The fraction of sp³-hybridized carbons (Fsp3) is 0.211. The van der Waals surface area contributed by atoms with Gasteiger partial charge in [0, 0.05) is 24.5 Å². The van der Waals surface area contributed by atoms with E-state index in [1.165, 1.54) is 36.7 Å². The highest BCUT2D eigenvalue weighted by molar-refractivity contribution is 5.89. The van der Waals surface area contributed by atoms with Gasteiger partial charge in [0.05, 0.1) is 17.4 Å². The molecule has 1 atom stereocenters. The van der Waals surface area contributed by atoms with Gasteiger partial charge in [-0.3, -0.25) is 9.36 Å². The van der Waals surface area contributed by atoms with Crippen molar-refractivity contribution in [2.45, 2.75) is 25.4 Å². The van der Waals surface area contributed by atoms with Crippen molar-refractivity contribution in [3.05, 3.63) is 70.9 Å². The van der Waals surface area contributed by atoms with Crippen molar-refractivity contribution >= 4 is 11.7 Å². The molecule has 3 aromatic rings. The number of nitrogens with zero attached hydrogens (tertiary/aromatic N) is 4. The Balaban J connectivity index is 1.59. The first kappa shape index (κ1) is 17.8. The number of benzene rings is 1. The summed E-state index contributed by atoms with van der Waals surface area (Å²) in [5.41, 5.74) is 1.25. The van der Waals surface area contributed by atoms with E-state index >= 15 is 0 Å². The van der Waals surface area contributed by atoms with Gasteiger partial charge in [0.15, 0.2) is 0 Å². The molecule has 3 heterocycles. The summed E-state index contributed by atoms with van der Waals surface area (Å²) in [6.45, 7) is 0.545. The van der Waals surface area contributed by atoms with Crippen LogP contribution in [0.2, 0.25) is 0 Å². The summed E-state index contributed by atoms with van der Waals surface area (Å²) in [4.78, 5) is 37.5. The van der Waals surface area contributed by atoms with Crippen molar-refractivity contribution in [1.82, 2.24) is 24.8 Å². The van der Waals surface area contributed by atoms with E-state index in [4.69, 9.17) is 0 Å². The van der Waals surface area contributed by atoms with Gasteiger partial charge in [0.1, 0.15) is 18.0 Å². The normalized spacial score (nSPS) is 15.5. The van der Waals surface area contributed by atoms with E-state index in [-0.39, 0.29) is 11.4 Å². The lowest BCUT2D eigenvalue weighted by molar-refractivity contribution is 0.244. The molecular formula is C19H17FN6O2. The molecule has 1 unspecified atom stereocenters. The topological polar surface area (TPSA) is 102 Å². The minimum Gasteiger partial charge on any atom is -0.328 e. The molecule has 4 rings (SSSR count). The Morgan fingerprint density at radius 1 is 1.18 bits per heavy atom. The molecule has 0 fully saturated rings. The molecule has 0 bridgehead atoms. The van der Waals surface area contributed by atoms with Crippen molar-refractivity contribution in [3.8, 4) is 11.4 Å². The second kappa shape index (κ2) is 7.55. The lowest BCUT2D eigenvalue weighted by atomic mass is 10.1. The number of amides is 2. The fourth-order valence-electron chi connectivity index (χ4n) is 3.17. The van der Waals surface area contributed by atoms with E-state index in [0.717, 1.165) is 6.42 Å². The average Bonchev–Trinajstić information content (AvgIpc) is 2.71. The summed E-state index contributed by atoms with van der Waals surface area (Å²) < 4.78 is 14.6. The predicted molar refractivity (Wildman–Crippen MR) is 100 cm³/mol. The van der Waals surface area contributed by atoms with Crippen LogP contribution in [-0.4, -0.2) is 25.6 Å². The van der Waals surface area contributed by atoms with Gasteiger partial charge in [0.25, 0.3) is 5.56 Å². The first-order valence-electron chi connectivity index (χ1n) is 8.81. The van der Waals surface area contributed by atoms with Crippen LogP contribution in [0.3, 0.4) is 0 Å². The van der Waals surface area contributed by atoms with Gasteiger partial charge in [-0.15, -0.1) is 0 Å². The summed E-state index contributed by atoms with van der Waals surface area (Å²) in [5, 5.41) is 5.50. The lowest BCUT2D eigenvalue weighted by Crippen LogP contribution is -2.39. The van der Waals surface area contributed by atoms with Gasteiger partial charge in [-0.2, -0.15) is 0 Å². The molecule has 0 saturated carbocycles. The van der Waals surface area contributed by atoms with Crippen LogP contribution in [0.25, 0.3) is 11.4 Å². The van der Waals surface area contributed by atoms with Crippen molar-refractivity contribution in [2.75, 3.05) is 5.32 Å². The smallest absolute Gasteiger partial charge is 0.319 e. The minimum atomic E-state index is -0.452.